The van der Waals surface area contributed by atoms with Crippen molar-refractivity contribution in [1.29, 1.82) is 0 Å². The van der Waals surface area contributed by atoms with Crippen molar-refractivity contribution in [3.8, 4) is 0 Å². The number of aliphatic hydroxyl groups is 1. The monoisotopic (exact) mass is 184 g/mol. The van der Waals surface area contributed by atoms with Crippen molar-refractivity contribution >= 4 is 0 Å². The van der Waals surface area contributed by atoms with Gasteiger partial charge in [0, 0.05) is 5.92 Å². The molecule has 13 heavy (non-hydrogen) atoms. The Balaban J connectivity index is 2.19. The zero-order valence-electron chi connectivity index (χ0n) is 9.16. The van der Waals surface area contributed by atoms with Gasteiger partial charge in [-0.1, -0.05) is 34.6 Å². The standard InChI is InChI=1S/C11H20O2/c1-10(2,3)8-6-7(9(12)13-8)11(6,4)5/h6-9,12H,1-5H3. The molecule has 0 aromatic heterocycles. The summed E-state index contributed by atoms with van der Waals surface area (Å²) in [5, 5.41) is 9.69. The summed E-state index contributed by atoms with van der Waals surface area (Å²) in [7, 11) is 0. The molecule has 2 rings (SSSR count). The molecule has 2 nitrogen and oxygen atoms in total. The van der Waals surface area contributed by atoms with E-state index in [0.29, 0.717) is 11.8 Å². The molecule has 4 unspecified atom stereocenters. The van der Waals surface area contributed by atoms with Gasteiger partial charge >= 0.3 is 0 Å². The lowest BCUT2D eigenvalue weighted by Gasteiger charge is -2.31. The van der Waals surface area contributed by atoms with Gasteiger partial charge in [-0.3, -0.25) is 0 Å². The molecule has 0 amide bonds. The van der Waals surface area contributed by atoms with Gasteiger partial charge in [0.1, 0.15) is 0 Å². The number of ether oxygens (including phenoxy) is 1. The Hall–Kier alpha value is -0.0800. The van der Waals surface area contributed by atoms with Gasteiger partial charge < -0.3 is 9.84 Å². The Morgan fingerprint density at radius 2 is 1.69 bits per heavy atom. The van der Waals surface area contributed by atoms with Crippen LogP contribution in [0.15, 0.2) is 0 Å². The minimum atomic E-state index is -0.524. The van der Waals surface area contributed by atoms with Crippen LogP contribution in [0.3, 0.4) is 0 Å². The molecular weight excluding hydrogens is 164 g/mol. The second-order valence-corrected chi connectivity index (χ2v) is 6.19. The molecule has 1 heterocycles. The summed E-state index contributed by atoms with van der Waals surface area (Å²) in [5.74, 6) is 0.930. The number of aliphatic hydroxyl groups excluding tert-OH is 1. The minimum absolute atomic E-state index is 0.147. The number of hydrogen-bond acceptors (Lipinski definition) is 2. The van der Waals surface area contributed by atoms with Crippen molar-refractivity contribution in [2.45, 2.75) is 47.0 Å². The van der Waals surface area contributed by atoms with Crippen molar-refractivity contribution in [2.75, 3.05) is 0 Å². The van der Waals surface area contributed by atoms with Crippen molar-refractivity contribution in [1.82, 2.24) is 0 Å². The lowest BCUT2D eigenvalue weighted by molar-refractivity contribution is -0.154. The molecule has 2 aliphatic rings. The van der Waals surface area contributed by atoms with Gasteiger partial charge in [-0.15, -0.1) is 0 Å². The minimum Gasteiger partial charge on any atom is -0.368 e. The Labute approximate surface area is 80.3 Å². The molecule has 1 saturated heterocycles. The van der Waals surface area contributed by atoms with E-state index in [1.54, 1.807) is 0 Å². The Morgan fingerprint density at radius 1 is 1.15 bits per heavy atom. The molecule has 0 aromatic rings. The van der Waals surface area contributed by atoms with Gasteiger partial charge in [0.25, 0.3) is 0 Å². The average molecular weight is 184 g/mol. The van der Waals surface area contributed by atoms with Gasteiger partial charge in [0.15, 0.2) is 6.29 Å². The molecule has 0 bridgehead atoms. The van der Waals surface area contributed by atoms with Gasteiger partial charge in [-0.05, 0) is 16.7 Å². The quantitative estimate of drug-likeness (QED) is 0.624. The van der Waals surface area contributed by atoms with Gasteiger partial charge in [-0.2, -0.15) is 0 Å². The van der Waals surface area contributed by atoms with E-state index >= 15 is 0 Å². The highest BCUT2D eigenvalue weighted by Crippen LogP contribution is 2.68. The molecule has 0 radical (unpaired) electrons. The third kappa shape index (κ3) is 1.15. The van der Waals surface area contributed by atoms with Crippen LogP contribution in [0.5, 0.6) is 0 Å². The molecule has 2 fully saturated rings. The van der Waals surface area contributed by atoms with Crippen LogP contribution in [-0.4, -0.2) is 17.5 Å². The van der Waals surface area contributed by atoms with Gasteiger partial charge in [-0.25, -0.2) is 0 Å². The highest BCUT2D eigenvalue weighted by molar-refractivity contribution is 5.15. The second kappa shape index (κ2) is 2.29. The van der Waals surface area contributed by atoms with Crippen molar-refractivity contribution in [2.24, 2.45) is 22.7 Å². The zero-order chi connectivity index (χ0) is 10.0. The van der Waals surface area contributed by atoms with E-state index in [9.17, 15) is 5.11 Å². The first-order valence-corrected chi connectivity index (χ1v) is 5.10. The Morgan fingerprint density at radius 3 is 1.92 bits per heavy atom. The van der Waals surface area contributed by atoms with E-state index in [0.717, 1.165) is 0 Å². The third-order valence-electron chi connectivity index (χ3n) is 3.77. The van der Waals surface area contributed by atoms with E-state index < -0.39 is 6.29 Å². The fraction of sp³-hybridized carbons (Fsp3) is 1.00. The summed E-state index contributed by atoms with van der Waals surface area (Å²) in [6, 6.07) is 0. The SMILES string of the molecule is CC(C)(C)C1OC(O)C2C1C2(C)C. The van der Waals surface area contributed by atoms with E-state index in [1.165, 1.54) is 0 Å². The topological polar surface area (TPSA) is 29.5 Å². The first-order chi connectivity index (χ1) is 5.76. The van der Waals surface area contributed by atoms with Crippen LogP contribution in [0.4, 0.5) is 0 Å². The maximum Gasteiger partial charge on any atom is 0.158 e. The second-order valence-electron chi connectivity index (χ2n) is 6.19. The molecule has 1 N–H and O–H groups in total. The number of rotatable bonds is 0. The molecule has 0 spiro atoms. The Bertz CT molecular complexity index is 223. The van der Waals surface area contributed by atoms with E-state index in [1.807, 2.05) is 0 Å². The first-order valence-electron chi connectivity index (χ1n) is 5.10. The predicted octanol–water partition coefficient (Wildman–Crippen LogP) is 2.02. The van der Waals surface area contributed by atoms with Crippen LogP contribution in [0.2, 0.25) is 0 Å². The largest absolute Gasteiger partial charge is 0.368 e. The molecule has 4 atom stereocenters. The maximum absolute atomic E-state index is 9.69. The first kappa shape index (κ1) is 9.47. The van der Waals surface area contributed by atoms with Gasteiger partial charge in [0.2, 0.25) is 0 Å². The van der Waals surface area contributed by atoms with Crippen molar-refractivity contribution in [3.63, 3.8) is 0 Å². The summed E-state index contributed by atoms with van der Waals surface area (Å²) >= 11 is 0. The van der Waals surface area contributed by atoms with E-state index in [2.05, 4.69) is 34.6 Å². The summed E-state index contributed by atoms with van der Waals surface area (Å²) < 4.78 is 5.58. The van der Waals surface area contributed by atoms with E-state index in [-0.39, 0.29) is 16.9 Å². The highest BCUT2D eigenvalue weighted by atomic mass is 16.6. The number of fused-ring (bicyclic) bond motifs is 1. The molecule has 76 valence electrons. The highest BCUT2D eigenvalue weighted by Gasteiger charge is 2.71. The normalized spacial score (nSPS) is 47.5. The fourth-order valence-electron chi connectivity index (χ4n) is 2.90. The Kier molecular flexibility index (Phi) is 1.67. The third-order valence-corrected chi connectivity index (χ3v) is 3.77. The van der Waals surface area contributed by atoms with Crippen LogP contribution in [0, 0.1) is 22.7 Å². The summed E-state index contributed by atoms with van der Waals surface area (Å²) in [4.78, 5) is 0. The van der Waals surface area contributed by atoms with E-state index in [4.69, 9.17) is 4.74 Å². The van der Waals surface area contributed by atoms with Crippen LogP contribution >= 0.6 is 0 Å². The molecular formula is C11H20O2. The van der Waals surface area contributed by atoms with Crippen LogP contribution in [-0.2, 0) is 4.74 Å². The fourth-order valence-corrected chi connectivity index (χ4v) is 2.90. The zero-order valence-corrected chi connectivity index (χ0v) is 9.16. The molecule has 1 saturated carbocycles. The summed E-state index contributed by atoms with van der Waals surface area (Å²) in [5.41, 5.74) is 0.434. The summed E-state index contributed by atoms with van der Waals surface area (Å²) in [6.07, 6.45) is -0.299. The van der Waals surface area contributed by atoms with Crippen LogP contribution < -0.4 is 0 Å². The van der Waals surface area contributed by atoms with Gasteiger partial charge in [0.05, 0.1) is 6.10 Å². The summed E-state index contributed by atoms with van der Waals surface area (Å²) in [6.45, 7) is 11.0. The predicted molar refractivity (Wildman–Crippen MR) is 51.1 cm³/mol. The molecule has 2 heteroatoms. The van der Waals surface area contributed by atoms with Crippen molar-refractivity contribution in [3.05, 3.63) is 0 Å². The smallest absolute Gasteiger partial charge is 0.158 e. The average Bonchev–Trinajstić information content (AvgIpc) is 2.35. The lowest BCUT2D eigenvalue weighted by Crippen LogP contribution is -2.33. The van der Waals surface area contributed by atoms with Crippen LogP contribution in [0.1, 0.15) is 34.6 Å². The van der Waals surface area contributed by atoms with Crippen LogP contribution in [0.25, 0.3) is 0 Å². The molecule has 0 aromatic carbocycles. The molecule has 1 aliphatic carbocycles. The van der Waals surface area contributed by atoms with Crippen molar-refractivity contribution < 1.29 is 9.84 Å². The lowest BCUT2D eigenvalue weighted by atomic mass is 9.84. The number of hydrogen-bond donors (Lipinski definition) is 1. The molecule has 1 aliphatic heterocycles. The maximum atomic E-state index is 9.69.